The molecule has 1 aliphatic rings. The van der Waals surface area contributed by atoms with E-state index < -0.39 is 0 Å². The van der Waals surface area contributed by atoms with E-state index in [4.69, 9.17) is 16.3 Å². The van der Waals surface area contributed by atoms with Crippen molar-refractivity contribution in [2.45, 2.75) is 26.4 Å². The Morgan fingerprint density at radius 2 is 1.88 bits per heavy atom. The molecule has 3 aromatic rings. The number of benzene rings is 2. The van der Waals surface area contributed by atoms with Gasteiger partial charge in [-0.1, -0.05) is 49.7 Å². The second-order valence-electron chi connectivity index (χ2n) is 8.95. The highest BCUT2D eigenvalue weighted by molar-refractivity contribution is 6.31. The molecule has 1 aliphatic heterocycles. The molecule has 34 heavy (non-hydrogen) atoms. The molecule has 0 spiro atoms. The highest BCUT2D eigenvalue weighted by atomic mass is 35.5. The fourth-order valence-corrected chi connectivity index (χ4v) is 4.77. The summed E-state index contributed by atoms with van der Waals surface area (Å²) in [6, 6.07) is 18.4. The number of ether oxygens (including phenoxy) is 1. The van der Waals surface area contributed by atoms with Crippen molar-refractivity contribution < 1.29 is 14.3 Å². The molecule has 1 aromatic heterocycles. The van der Waals surface area contributed by atoms with Gasteiger partial charge in [-0.15, -0.1) is 0 Å². The van der Waals surface area contributed by atoms with Crippen molar-refractivity contribution in [3.05, 3.63) is 88.7 Å². The molecule has 2 heterocycles. The third-order valence-electron chi connectivity index (χ3n) is 6.07. The number of hydrogen-bond donors (Lipinski definition) is 0. The predicted molar refractivity (Wildman–Crippen MR) is 133 cm³/mol. The van der Waals surface area contributed by atoms with Crippen LogP contribution in [0.1, 0.15) is 41.5 Å². The van der Waals surface area contributed by atoms with Crippen molar-refractivity contribution in [3.63, 3.8) is 0 Å². The Morgan fingerprint density at radius 1 is 1.09 bits per heavy atom. The monoisotopic (exact) mass is 479 g/mol. The molecule has 0 unspecified atom stereocenters. The van der Waals surface area contributed by atoms with Crippen LogP contribution in [0.25, 0.3) is 0 Å². The minimum atomic E-state index is -0.308. The molecule has 0 N–H and O–H groups in total. The number of carbonyl (C=O) groups excluding carboxylic acids is 2. The molecular formula is C27H30ClN3O3. The number of methoxy groups -OCH3 is 1. The average Bonchev–Trinajstić information content (AvgIpc) is 3.32. The summed E-state index contributed by atoms with van der Waals surface area (Å²) in [5.41, 5.74) is 2.40. The van der Waals surface area contributed by atoms with Crippen molar-refractivity contribution in [2.75, 3.05) is 26.7 Å². The van der Waals surface area contributed by atoms with E-state index in [0.717, 1.165) is 11.3 Å². The molecule has 6 nitrogen and oxygen atoms in total. The molecule has 0 radical (unpaired) electrons. The van der Waals surface area contributed by atoms with Crippen LogP contribution in [0.3, 0.4) is 0 Å². The van der Waals surface area contributed by atoms with Crippen LogP contribution >= 0.6 is 11.6 Å². The van der Waals surface area contributed by atoms with E-state index in [0.29, 0.717) is 36.0 Å². The molecule has 7 heteroatoms. The fraction of sp³-hybridized carbons (Fsp3) is 0.333. The Morgan fingerprint density at radius 3 is 2.62 bits per heavy atom. The van der Waals surface area contributed by atoms with Crippen LogP contribution in [0.4, 0.5) is 0 Å². The first-order valence-corrected chi connectivity index (χ1v) is 11.9. The first-order valence-electron chi connectivity index (χ1n) is 11.5. The van der Waals surface area contributed by atoms with Gasteiger partial charge in [0, 0.05) is 42.1 Å². The Balaban J connectivity index is 1.63. The molecule has 0 fully saturated rings. The summed E-state index contributed by atoms with van der Waals surface area (Å²) >= 11 is 6.57. The maximum absolute atomic E-state index is 13.7. The van der Waals surface area contributed by atoms with Gasteiger partial charge in [0.25, 0.3) is 5.91 Å². The van der Waals surface area contributed by atoms with Crippen LogP contribution in [0.2, 0.25) is 5.02 Å². The van der Waals surface area contributed by atoms with E-state index in [1.165, 1.54) is 0 Å². The zero-order valence-electron chi connectivity index (χ0n) is 19.8. The van der Waals surface area contributed by atoms with Gasteiger partial charge in [-0.25, -0.2) is 0 Å². The Bertz CT molecular complexity index is 1170. The molecule has 4 rings (SSSR count). The molecule has 2 amide bonds. The summed E-state index contributed by atoms with van der Waals surface area (Å²) in [7, 11) is 1.57. The molecular weight excluding hydrogens is 450 g/mol. The van der Waals surface area contributed by atoms with Crippen molar-refractivity contribution in [3.8, 4) is 5.75 Å². The lowest BCUT2D eigenvalue weighted by atomic mass is 9.99. The van der Waals surface area contributed by atoms with Gasteiger partial charge in [0.2, 0.25) is 5.91 Å². The Hall–Kier alpha value is -3.25. The van der Waals surface area contributed by atoms with E-state index >= 15 is 0 Å². The maximum Gasteiger partial charge on any atom is 0.254 e. The fourth-order valence-electron chi connectivity index (χ4n) is 4.53. The van der Waals surface area contributed by atoms with E-state index in [1.807, 2.05) is 61.3 Å². The van der Waals surface area contributed by atoms with Crippen molar-refractivity contribution in [2.24, 2.45) is 5.92 Å². The highest BCUT2D eigenvalue weighted by Gasteiger charge is 2.34. The lowest BCUT2D eigenvalue weighted by Gasteiger charge is -2.39. The molecule has 0 saturated heterocycles. The number of carbonyl (C=O) groups is 2. The summed E-state index contributed by atoms with van der Waals surface area (Å²) in [6.07, 6.45) is 2.03. The van der Waals surface area contributed by atoms with E-state index in [1.54, 1.807) is 36.3 Å². The van der Waals surface area contributed by atoms with E-state index in [9.17, 15) is 9.59 Å². The van der Waals surface area contributed by atoms with Crippen molar-refractivity contribution in [1.29, 1.82) is 0 Å². The highest BCUT2D eigenvalue weighted by Crippen LogP contribution is 2.36. The van der Waals surface area contributed by atoms with Crippen LogP contribution in [0.5, 0.6) is 5.75 Å². The number of fused-ring (bicyclic) bond motifs is 1. The number of rotatable bonds is 7. The van der Waals surface area contributed by atoms with Crippen LogP contribution in [0.15, 0.2) is 66.9 Å². The van der Waals surface area contributed by atoms with Crippen LogP contribution in [-0.2, 0) is 11.3 Å². The van der Waals surface area contributed by atoms with E-state index in [2.05, 4.69) is 4.57 Å². The van der Waals surface area contributed by atoms with Gasteiger partial charge in [-0.3, -0.25) is 9.59 Å². The van der Waals surface area contributed by atoms with Crippen molar-refractivity contribution >= 4 is 23.4 Å². The standard InChI is InChI=1S/C27H30ClN3O3/c1-19(2)17-30(27(33)20-8-6-9-21(16-20)34-3)18-25(32)31-15-14-29-13-7-12-24(29)26(31)22-10-4-5-11-23(22)28/h4-13,16,19,26H,14-15,17-18H2,1-3H3/t26-/m1/s1. The van der Waals surface area contributed by atoms with Crippen LogP contribution in [0, 0.1) is 5.92 Å². The second kappa shape index (κ2) is 10.3. The SMILES string of the molecule is COc1cccc(C(=O)N(CC(=O)N2CCn3cccc3[C@H]2c2ccccc2Cl)CC(C)C)c1. The Labute approximate surface area is 205 Å². The third kappa shape index (κ3) is 4.97. The summed E-state index contributed by atoms with van der Waals surface area (Å²) in [5, 5.41) is 0.617. The first kappa shape index (κ1) is 23.9. The second-order valence-corrected chi connectivity index (χ2v) is 9.36. The normalized spacial score (nSPS) is 15.2. The van der Waals surface area contributed by atoms with Crippen LogP contribution < -0.4 is 4.74 Å². The molecule has 0 bridgehead atoms. The number of amides is 2. The number of halogens is 1. The zero-order valence-corrected chi connectivity index (χ0v) is 20.5. The van der Waals surface area contributed by atoms with Gasteiger partial charge in [0.15, 0.2) is 0 Å². The molecule has 1 atom stereocenters. The van der Waals surface area contributed by atoms with Gasteiger partial charge in [0.05, 0.1) is 13.2 Å². The Kier molecular flexibility index (Phi) is 7.27. The average molecular weight is 480 g/mol. The van der Waals surface area contributed by atoms with E-state index in [-0.39, 0.29) is 30.3 Å². The van der Waals surface area contributed by atoms with Gasteiger partial charge in [-0.05, 0) is 47.9 Å². The number of aromatic nitrogens is 1. The molecule has 0 saturated carbocycles. The molecule has 0 aliphatic carbocycles. The minimum Gasteiger partial charge on any atom is -0.497 e. The van der Waals surface area contributed by atoms with Gasteiger partial charge in [-0.2, -0.15) is 0 Å². The predicted octanol–water partition coefficient (Wildman–Crippen LogP) is 4.88. The summed E-state index contributed by atoms with van der Waals surface area (Å²) < 4.78 is 7.44. The summed E-state index contributed by atoms with van der Waals surface area (Å²) in [5.74, 6) is 0.530. The van der Waals surface area contributed by atoms with Crippen LogP contribution in [-0.4, -0.2) is 52.9 Å². The van der Waals surface area contributed by atoms with Gasteiger partial charge >= 0.3 is 0 Å². The lowest BCUT2D eigenvalue weighted by Crippen LogP contribution is -2.48. The topological polar surface area (TPSA) is 54.8 Å². The molecule has 178 valence electrons. The molecule has 2 aromatic carbocycles. The first-order chi connectivity index (χ1) is 16.4. The summed E-state index contributed by atoms with van der Waals surface area (Å²) in [6.45, 7) is 5.79. The zero-order chi connectivity index (χ0) is 24.2. The largest absolute Gasteiger partial charge is 0.497 e. The number of hydrogen-bond acceptors (Lipinski definition) is 3. The summed E-state index contributed by atoms with van der Waals surface area (Å²) in [4.78, 5) is 30.6. The van der Waals surface area contributed by atoms with Gasteiger partial charge in [0.1, 0.15) is 12.3 Å². The van der Waals surface area contributed by atoms with Crippen molar-refractivity contribution in [1.82, 2.24) is 14.4 Å². The number of nitrogens with zero attached hydrogens (tertiary/aromatic N) is 3. The minimum absolute atomic E-state index is 0.00408. The lowest BCUT2D eigenvalue weighted by molar-refractivity contribution is -0.134. The van der Waals surface area contributed by atoms with Gasteiger partial charge < -0.3 is 19.1 Å². The quantitative estimate of drug-likeness (QED) is 0.485. The smallest absolute Gasteiger partial charge is 0.254 e. The third-order valence-corrected chi connectivity index (χ3v) is 6.42. The maximum atomic E-state index is 13.7.